The van der Waals surface area contributed by atoms with E-state index in [-0.39, 0.29) is 17.1 Å². The molecule has 17 heavy (non-hydrogen) atoms. The number of nitrogens with zero attached hydrogens (tertiary/aromatic N) is 3. The Bertz CT molecular complexity index is 469. The summed E-state index contributed by atoms with van der Waals surface area (Å²) in [5, 5.41) is 19.7. The first-order valence-electron chi connectivity index (χ1n) is 5.22. The van der Waals surface area contributed by atoms with Crippen molar-refractivity contribution in [3.05, 3.63) is 27.9 Å². The normalized spacial score (nSPS) is 14.9. The summed E-state index contributed by atoms with van der Waals surface area (Å²) in [5.41, 5.74) is -0.411. The summed E-state index contributed by atoms with van der Waals surface area (Å²) in [6, 6.07) is 1.06. The van der Waals surface area contributed by atoms with Gasteiger partial charge in [-0.05, 0) is 12.8 Å². The van der Waals surface area contributed by atoms with Crippen molar-refractivity contribution in [1.29, 1.82) is 0 Å². The first-order valence-corrected chi connectivity index (χ1v) is 5.22. The molecule has 7 heteroatoms. The number of aromatic nitrogens is 1. The molecule has 1 saturated heterocycles. The largest absolute Gasteiger partial charge is 0.478 e. The van der Waals surface area contributed by atoms with E-state index >= 15 is 0 Å². The molecule has 0 radical (unpaired) electrons. The Morgan fingerprint density at radius 1 is 1.47 bits per heavy atom. The van der Waals surface area contributed by atoms with E-state index in [0.29, 0.717) is 0 Å². The molecule has 1 aromatic rings. The third-order valence-corrected chi connectivity index (χ3v) is 2.70. The molecular formula is C10H11N3O4. The number of anilines is 1. The summed E-state index contributed by atoms with van der Waals surface area (Å²) in [4.78, 5) is 26.8. The molecule has 0 aromatic carbocycles. The fourth-order valence-electron chi connectivity index (χ4n) is 1.87. The van der Waals surface area contributed by atoms with Crippen LogP contribution in [0.3, 0.4) is 0 Å². The monoisotopic (exact) mass is 237 g/mol. The van der Waals surface area contributed by atoms with Crippen LogP contribution >= 0.6 is 0 Å². The molecule has 90 valence electrons. The molecule has 1 aliphatic rings. The quantitative estimate of drug-likeness (QED) is 0.628. The second-order valence-corrected chi connectivity index (χ2v) is 3.82. The number of pyridine rings is 1. The van der Waals surface area contributed by atoms with Crippen LogP contribution in [-0.2, 0) is 0 Å². The highest BCUT2D eigenvalue weighted by molar-refractivity contribution is 5.88. The molecule has 0 saturated carbocycles. The molecule has 0 bridgehead atoms. The van der Waals surface area contributed by atoms with Gasteiger partial charge in [0.1, 0.15) is 0 Å². The van der Waals surface area contributed by atoms with E-state index in [1.54, 1.807) is 0 Å². The minimum absolute atomic E-state index is 0.167. The van der Waals surface area contributed by atoms with Crippen LogP contribution in [0, 0.1) is 10.1 Å². The first-order chi connectivity index (χ1) is 8.09. The Labute approximate surface area is 96.8 Å². The highest BCUT2D eigenvalue weighted by Crippen LogP contribution is 2.28. The summed E-state index contributed by atoms with van der Waals surface area (Å²) in [5.74, 6) is -0.953. The van der Waals surface area contributed by atoms with Gasteiger partial charge in [-0.25, -0.2) is 9.78 Å². The molecule has 2 heterocycles. The van der Waals surface area contributed by atoms with Crippen LogP contribution in [0.15, 0.2) is 12.3 Å². The molecule has 7 nitrogen and oxygen atoms in total. The van der Waals surface area contributed by atoms with Gasteiger partial charge in [0.25, 0.3) is 0 Å². The smallest absolute Gasteiger partial charge is 0.337 e. The Morgan fingerprint density at radius 2 is 2.12 bits per heavy atom. The minimum Gasteiger partial charge on any atom is -0.478 e. The number of hydrogen-bond acceptors (Lipinski definition) is 5. The van der Waals surface area contributed by atoms with E-state index < -0.39 is 10.9 Å². The molecule has 0 amide bonds. The van der Waals surface area contributed by atoms with E-state index in [2.05, 4.69) is 4.98 Å². The van der Waals surface area contributed by atoms with Gasteiger partial charge in [0, 0.05) is 25.4 Å². The predicted molar refractivity (Wildman–Crippen MR) is 59.3 cm³/mol. The number of carboxylic acids is 1. The van der Waals surface area contributed by atoms with Gasteiger partial charge in [0.2, 0.25) is 5.82 Å². The second-order valence-electron chi connectivity index (χ2n) is 3.82. The van der Waals surface area contributed by atoms with Crippen molar-refractivity contribution in [2.45, 2.75) is 12.8 Å². The average molecular weight is 237 g/mol. The number of carbonyl (C=O) groups is 1. The Morgan fingerprint density at radius 3 is 2.65 bits per heavy atom. The highest BCUT2D eigenvalue weighted by atomic mass is 16.6. The fraction of sp³-hybridized carbons (Fsp3) is 0.400. The van der Waals surface area contributed by atoms with Crippen LogP contribution in [0.4, 0.5) is 11.5 Å². The van der Waals surface area contributed by atoms with E-state index in [9.17, 15) is 14.9 Å². The fourth-order valence-corrected chi connectivity index (χ4v) is 1.87. The van der Waals surface area contributed by atoms with Crippen molar-refractivity contribution in [2.24, 2.45) is 0 Å². The van der Waals surface area contributed by atoms with Crippen LogP contribution < -0.4 is 4.90 Å². The van der Waals surface area contributed by atoms with Gasteiger partial charge in [-0.3, -0.25) is 10.1 Å². The van der Waals surface area contributed by atoms with Crippen LogP contribution in [0.5, 0.6) is 0 Å². The SMILES string of the molecule is O=C(O)c1cnc(N2CCCC2)c([N+](=O)[O-])c1. The number of aromatic carboxylic acids is 1. The predicted octanol–water partition coefficient (Wildman–Crippen LogP) is 1.29. The van der Waals surface area contributed by atoms with Crippen molar-refractivity contribution >= 4 is 17.5 Å². The maximum atomic E-state index is 10.9. The highest BCUT2D eigenvalue weighted by Gasteiger charge is 2.25. The Kier molecular flexibility index (Phi) is 2.90. The number of rotatable bonds is 3. The van der Waals surface area contributed by atoms with Crippen LogP contribution in [0.2, 0.25) is 0 Å². The molecule has 0 aliphatic carbocycles. The summed E-state index contributed by atoms with van der Waals surface area (Å²) in [7, 11) is 0. The van der Waals surface area contributed by atoms with Gasteiger partial charge in [0.05, 0.1) is 10.5 Å². The Hall–Kier alpha value is -2.18. The first kappa shape index (κ1) is 11.3. The van der Waals surface area contributed by atoms with Gasteiger partial charge in [-0.1, -0.05) is 0 Å². The zero-order chi connectivity index (χ0) is 12.4. The molecule has 0 atom stereocenters. The molecular weight excluding hydrogens is 226 g/mol. The van der Waals surface area contributed by atoms with Crippen molar-refractivity contribution in [3.63, 3.8) is 0 Å². The minimum atomic E-state index is -1.21. The zero-order valence-electron chi connectivity index (χ0n) is 9.00. The van der Waals surface area contributed by atoms with Gasteiger partial charge in [0.15, 0.2) is 0 Å². The third-order valence-electron chi connectivity index (χ3n) is 2.70. The standard InChI is InChI=1S/C10H11N3O4/c14-10(15)7-5-8(13(16)17)9(11-6-7)12-3-1-2-4-12/h5-6H,1-4H2,(H,14,15). The van der Waals surface area contributed by atoms with Crippen LogP contribution in [0.25, 0.3) is 0 Å². The van der Waals surface area contributed by atoms with Crippen molar-refractivity contribution in [1.82, 2.24) is 4.98 Å². The number of hydrogen-bond donors (Lipinski definition) is 1. The molecule has 0 unspecified atom stereocenters. The van der Waals surface area contributed by atoms with Crippen molar-refractivity contribution < 1.29 is 14.8 Å². The van der Waals surface area contributed by atoms with Crippen LogP contribution in [-0.4, -0.2) is 34.1 Å². The van der Waals surface area contributed by atoms with E-state index in [1.807, 2.05) is 4.90 Å². The second kappa shape index (κ2) is 4.36. The van der Waals surface area contributed by atoms with Gasteiger partial charge in [-0.15, -0.1) is 0 Å². The molecule has 1 N–H and O–H groups in total. The summed E-state index contributed by atoms with van der Waals surface area (Å²) < 4.78 is 0. The topological polar surface area (TPSA) is 96.6 Å². The van der Waals surface area contributed by atoms with E-state index in [0.717, 1.165) is 38.2 Å². The van der Waals surface area contributed by atoms with E-state index in [1.165, 1.54) is 0 Å². The third kappa shape index (κ3) is 2.17. The van der Waals surface area contributed by atoms with Gasteiger partial charge < -0.3 is 10.0 Å². The lowest BCUT2D eigenvalue weighted by Gasteiger charge is -2.15. The van der Waals surface area contributed by atoms with Crippen molar-refractivity contribution in [3.8, 4) is 0 Å². The number of nitro groups is 1. The maximum absolute atomic E-state index is 10.9. The molecule has 0 spiro atoms. The molecule has 1 aliphatic heterocycles. The lowest BCUT2D eigenvalue weighted by molar-refractivity contribution is -0.384. The van der Waals surface area contributed by atoms with Crippen LogP contribution in [0.1, 0.15) is 23.2 Å². The summed E-state index contributed by atoms with van der Waals surface area (Å²) in [6.45, 7) is 1.44. The average Bonchev–Trinajstić information content (AvgIpc) is 2.81. The summed E-state index contributed by atoms with van der Waals surface area (Å²) >= 11 is 0. The molecule has 1 aromatic heterocycles. The van der Waals surface area contributed by atoms with E-state index in [4.69, 9.17) is 5.11 Å². The van der Waals surface area contributed by atoms with Gasteiger partial charge >= 0.3 is 11.7 Å². The molecule has 1 fully saturated rings. The number of carboxylic acid groups (broad SMARTS) is 1. The lowest BCUT2D eigenvalue weighted by Crippen LogP contribution is -2.20. The summed E-state index contributed by atoms with van der Waals surface area (Å²) in [6.07, 6.45) is 3.10. The lowest BCUT2D eigenvalue weighted by atomic mass is 10.2. The zero-order valence-corrected chi connectivity index (χ0v) is 9.00. The van der Waals surface area contributed by atoms with Crippen molar-refractivity contribution in [2.75, 3.05) is 18.0 Å². The maximum Gasteiger partial charge on any atom is 0.337 e. The molecule has 2 rings (SSSR count). The Balaban J connectivity index is 2.44. The van der Waals surface area contributed by atoms with Gasteiger partial charge in [-0.2, -0.15) is 0 Å².